The van der Waals surface area contributed by atoms with E-state index in [-0.39, 0.29) is 0 Å². The van der Waals surface area contributed by atoms with Crippen LogP contribution in [0.25, 0.3) is 0 Å². The first-order valence-corrected chi connectivity index (χ1v) is 7.26. The largest absolute Gasteiger partial charge is 0.389 e. The van der Waals surface area contributed by atoms with E-state index in [0.717, 1.165) is 24.3 Å². The van der Waals surface area contributed by atoms with E-state index in [2.05, 4.69) is 24.0 Å². The summed E-state index contributed by atoms with van der Waals surface area (Å²) in [6.07, 6.45) is -0.495. The highest BCUT2D eigenvalue weighted by Crippen LogP contribution is 2.30. The molecular formula is C17H20ClNO. The molecule has 0 saturated carbocycles. The lowest BCUT2D eigenvalue weighted by atomic mass is 10.1. The maximum atomic E-state index is 9.60. The van der Waals surface area contributed by atoms with Gasteiger partial charge in [-0.25, -0.2) is 0 Å². The van der Waals surface area contributed by atoms with Crippen molar-refractivity contribution in [2.24, 2.45) is 0 Å². The lowest BCUT2D eigenvalue weighted by Crippen LogP contribution is -2.22. The Kier molecular flexibility index (Phi) is 5.05. The van der Waals surface area contributed by atoms with Crippen LogP contribution in [0.5, 0.6) is 0 Å². The summed E-state index contributed by atoms with van der Waals surface area (Å²) in [5.41, 5.74) is 3.10. The average Bonchev–Trinajstić information content (AvgIpc) is 2.46. The molecule has 1 N–H and O–H groups in total. The van der Waals surface area contributed by atoms with E-state index in [4.69, 9.17) is 11.6 Å². The van der Waals surface area contributed by atoms with Crippen molar-refractivity contribution in [3.05, 3.63) is 64.7 Å². The first-order chi connectivity index (χ1) is 9.61. The number of anilines is 1. The summed E-state index contributed by atoms with van der Waals surface area (Å²) in [5.74, 6) is 0. The van der Waals surface area contributed by atoms with Crippen LogP contribution in [0, 0.1) is 0 Å². The molecule has 0 heterocycles. The zero-order chi connectivity index (χ0) is 14.5. The van der Waals surface area contributed by atoms with Crippen molar-refractivity contribution in [2.45, 2.75) is 26.5 Å². The van der Waals surface area contributed by atoms with Crippen LogP contribution < -0.4 is 4.90 Å². The van der Waals surface area contributed by atoms with Crippen molar-refractivity contribution in [2.75, 3.05) is 11.4 Å². The molecule has 1 unspecified atom stereocenters. The number of nitrogens with zero attached hydrogens (tertiary/aromatic N) is 1. The van der Waals surface area contributed by atoms with Crippen LogP contribution in [-0.4, -0.2) is 11.7 Å². The molecule has 1 atom stereocenters. The van der Waals surface area contributed by atoms with Crippen molar-refractivity contribution in [1.82, 2.24) is 0 Å². The minimum absolute atomic E-state index is 0.495. The van der Waals surface area contributed by atoms with E-state index >= 15 is 0 Å². The van der Waals surface area contributed by atoms with E-state index in [1.54, 1.807) is 6.92 Å². The minimum Gasteiger partial charge on any atom is -0.389 e. The Bertz CT molecular complexity index is 554. The van der Waals surface area contributed by atoms with Crippen molar-refractivity contribution in [3.8, 4) is 0 Å². The smallest absolute Gasteiger partial charge is 0.0762 e. The number of hydrogen-bond acceptors (Lipinski definition) is 2. The lowest BCUT2D eigenvalue weighted by Gasteiger charge is -2.25. The predicted octanol–water partition coefficient (Wildman–Crippen LogP) is 4.42. The quantitative estimate of drug-likeness (QED) is 0.881. The van der Waals surface area contributed by atoms with Crippen molar-refractivity contribution in [3.63, 3.8) is 0 Å². The molecule has 0 aliphatic rings. The second-order valence-corrected chi connectivity index (χ2v) is 5.29. The van der Waals surface area contributed by atoms with Gasteiger partial charge in [0, 0.05) is 13.1 Å². The molecule has 2 aromatic carbocycles. The summed E-state index contributed by atoms with van der Waals surface area (Å²) in [6.45, 7) is 5.56. The Labute approximate surface area is 125 Å². The Morgan fingerprint density at radius 3 is 2.40 bits per heavy atom. The second-order valence-electron chi connectivity index (χ2n) is 4.89. The maximum Gasteiger partial charge on any atom is 0.0762 e. The highest BCUT2D eigenvalue weighted by atomic mass is 35.5. The number of aliphatic hydroxyl groups excluding tert-OH is 1. The number of aliphatic hydroxyl groups is 1. The summed E-state index contributed by atoms with van der Waals surface area (Å²) < 4.78 is 0. The molecule has 0 fully saturated rings. The molecule has 0 saturated heterocycles. The maximum absolute atomic E-state index is 9.60. The highest BCUT2D eigenvalue weighted by molar-refractivity contribution is 6.33. The molecule has 0 radical (unpaired) electrons. The molecule has 0 aromatic heterocycles. The summed E-state index contributed by atoms with van der Waals surface area (Å²) in [7, 11) is 0. The van der Waals surface area contributed by atoms with Crippen LogP contribution in [0.1, 0.15) is 31.1 Å². The molecule has 0 amide bonds. The molecule has 106 valence electrons. The fourth-order valence-corrected chi connectivity index (χ4v) is 2.52. The van der Waals surface area contributed by atoms with Gasteiger partial charge >= 0.3 is 0 Å². The van der Waals surface area contributed by atoms with Crippen LogP contribution in [0.15, 0.2) is 48.5 Å². The van der Waals surface area contributed by atoms with E-state index in [1.807, 2.05) is 36.4 Å². The normalized spacial score (nSPS) is 12.2. The van der Waals surface area contributed by atoms with Gasteiger partial charge in [-0.3, -0.25) is 0 Å². The monoisotopic (exact) mass is 289 g/mol. The van der Waals surface area contributed by atoms with E-state index in [0.29, 0.717) is 5.02 Å². The fraction of sp³-hybridized carbons (Fsp3) is 0.294. The first kappa shape index (κ1) is 14.9. The van der Waals surface area contributed by atoms with E-state index in [1.165, 1.54) is 5.56 Å². The lowest BCUT2D eigenvalue weighted by molar-refractivity contribution is 0.199. The van der Waals surface area contributed by atoms with Gasteiger partial charge in [0.2, 0.25) is 0 Å². The Hall–Kier alpha value is -1.51. The van der Waals surface area contributed by atoms with Gasteiger partial charge in [0.05, 0.1) is 16.8 Å². The second kappa shape index (κ2) is 6.78. The van der Waals surface area contributed by atoms with Crippen molar-refractivity contribution >= 4 is 17.3 Å². The van der Waals surface area contributed by atoms with Gasteiger partial charge in [-0.05, 0) is 37.1 Å². The van der Waals surface area contributed by atoms with Crippen LogP contribution in [0.4, 0.5) is 5.69 Å². The molecule has 0 bridgehead atoms. The zero-order valence-corrected chi connectivity index (χ0v) is 12.6. The topological polar surface area (TPSA) is 23.5 Å². The molecule has 2 aromatic rings. The third-order valence-electron chi connectivity index (χ3n) is 3.39. The van der Waals surface area contributed by atoms with Gasteiger partial charge in [0.25, 0.3) is 0 Å². The zero-order valence-electron chi connectivity index (χ0n) is 11.9. The Balaban J connectivity index is 2.23. The van der Waals surface area contributed by atoms with E-state index in [9.17, 15) is 5.11 Å². The predicted molar refractivity (Wildman–Crippen MR) is 85.3 cm³/mol. The number of hydrogen-bond donors (Lipinski definition) is 1. The molecule has 0 aliphatic carbocycles. The fourth-order valence-electron chi connectivity index (χ4n) is 2.21. The van der Waals surface area contributed by atoms with Crippen LogP contribution in [0.3, 0.4) is 0 Å². The molecule has 2 rings (SSSR count). The molecular weight excluding hydrogens is 270 g/mol. The first-order valence-electron chi connectivity index (χ1n) is 6.88. The molecule has 3 heteroatoms. The summed E-state index contributed by atoms with van der Waals surface area (Å²) >= 11 is 6.36. The summed E-state index contributed by atoms with van der Waals surface area (Å²) in [5, 5.41) is 10.3. The third-order valence-corrected chi connectivity index (χ3v) is 3.70. The van der Waals surface area contributed by atoms with Crippen molar-refractivity contribution < 1.29 is 5.11 Å². The molecule has 20 heavy (non-hydrogen) atoms. The average molecular weight is 290 g/mol. The van der Waals surface area contributed by atoms with E-state index < -0.39 is 6.10 Å². The number of rotatable bonds is 5. The van der Waals surface area contributed by atoms with Gasteiger partial charge < -0.3 is 10.0 Å². The molecule has 0 spiro atoms. The Morgan fingerprint density at radius 1 is 1.15 bits per heavy atom. The standard InChI is InChI=1S/C17H20ClNO/c1-3-19(12-14-7-5-4-6-8-14)17-10-9-15(13(2)20)11-16(17)18/h4-11,13,20H,3,12H2,1-2H3. The van der Waals surface area contributed by atoms with Gasteiger partial charge in [0.15, 0.2) is 0 Å². The third kappa shape index (κ3) is 3.53. The highest BCUT2D eigenvalue weighted by Gasteiger charge is 2.11. The molecule has 0 aliphatic heterocycles. The number of benzene rings is 2. The van der Waals surface area contributed by atoms with Crippen LogP contribution in [0.2, 0.25) is 5.02 Å². The summed E-state index contributed by atoms with van der Waals surface area (Å²) in [4.78, 5) is 2.23. The van der Waals surface area contributed by atoms with Crippen molar-refractivity contribution in [1.29, 1.82) is 0 Å². The minimum atomic E-state index is -0.495. The summed E-state index contributed by atoms with van der Waals surface area (Å²) in [6, 6.07) is 16.1. The molecule has 2 nitrogen and oxygen atoms in total. The van der Waals surface area contributed by atoms with Gasteiger partial charge in [-0.1, -0.05) is 48.0 Å². The Morgan fingerprint density at radius 2 is 1.85 bits per heavy atom. The van der Waals surface area contributed by atoms with Crippen LogP contribution in [-0.2, 0) is 6.54 Å². The SMILES string of the molecule is CCN(Cc1ccccc1)c1ccc(C(C)O)cc1Cl. The van der Waals surface area contributed by atoms with Gasteiger partial charge in [-0.2, -0.15) is 0 Å². The number of halogens is 1. The van der Waals surface area contributed by atoms with Gasteiger partial charge in [0.1, 0.15) is 0 Å². The van der Waals surface area contributed by atoms with Gasteiger partial charge in [-0.15, -0.1) is 0 Å². The van der Waals surface area contributed by atoms with Crippen LogP contribution >= 0.6 is 11.6 Å².